The summed E-state index contributed by atoms with van der Waals surface area (Å²) in [6, 6.07) is 3.85. The highest BCUT2D eigenvalue weighted by Crippen LogP contribution is 2.18. The maximum absolute atomic E-state index is 13.0. The number of ether oxygens (including phenoxy) is 1. The minimum absolute atomic E-state index is 0.0655. The number of allylic oxidation sites excluding steroid dienone is 1. The standard InChI is InChI=1S/C10H9BrF2O/c11-6-1-2-7-14-9-5-3-4-8(12)10(9)13/h1-5H,6-7H2/b2-1+. The van der Waals surface area contributed by atoms with E-state index in [-0.39, 0.29) is 12.4 Å². The van der Waals surface area contributed by atoms with Crippen LogP contribution in [-0.2, 0) is 0 Å². The Morgan fingerprint density at radius 1 is 1.29 bits per heavy atom. The van der Waals surface area contributed by atoms with E-state index in [9.17, 15) is 8.78 Å². The third-order valence-corrected chi connectivity index (χ3v) is 1.88. The summed E-state index contributed by atoms with van der Waals surface area (Å²) >= 11 is 3.19. The van der Waals surface area contributed by atoms with Crippen LogP contribution in [0.25, 0.3) is 0 Å². The summed E-state index contributed by atoms with van der Waals surface area (Å²) in [7, 11) is 0. The molecule has 76 valence electrons. The van der Waals surface area contributed by atoms with Gasteiger partial charge in [-0.25, -0.2) is 4.39 Å². The molecule has 0 radical (unpaired) electrons. The van der Waals surface area contributed by atoms with Crippen molar-refractivity contribution in [3.05, 3.63) is 42.0 Å². The van der Waals surface area contributed by atoms with Crippen LogP contribution < -0.4 is 4.74 Å². The van der Waals surface area contributed by atoms with E-state index in [2.05, 4.69) is 15.9 Å². The summed E-state index contributed by atoms with van der Waals surface area (Å²) in [6.07, 6.45) is 3.54. The molecular formula is C10H9BrF2O. The van der Waals surface area contributed by atoms with Crippen LogP contribution in [0.4, 0.5) is 8.78 Å². The molecule has 0 aromatic heterocycles. The first-order valence-electron chi connectivity index (χ1n) is 4.03. The summed E-state index contributed by atoms with van der Waals surface area (Å²) < 4.78 is 30.6. The fourth-order valence-electron chi connectivity index (χ4n) is 0.864. The molecule has 0 heterocycles. The number of halogens is 3. The van der Waals surface area contributed by atoms with E-state index in [1.54, 1.807) is 6.08 Å². The molecule has 0 fully saturated rings. The van der Waals surface area contributed by atoms with Gasteiger partial charge in [-0.05, 0) is 12.1 Å². The Morgan fingerprint density at radius 3 is 2.79 bits per heavy atom. The van der Waals surface area contributed by atoms with Gasteiger partial charge in [-0.1, -0.05) is 34.1 Å². The van der Waals surface area contributed by atoms with Gasteiger partial charge in [-0.15, -0.1) is 0 Å². The van der Waals surface area contributed by atoms with Crippen molar-refractivity contribution >= 4 is 15.9 Å². The summed E-state index contributed by atoms with van der Waals surface area (Å²) in [5.41, 5.74) is 0. The van der Waals surface area contributed by atoms with Crippen LogP contribution in [-0.4, -0.2) is 11.9 Å². The van der Waals surface area contributed by atoms with E-state index in [1.165, 1.54) is 12.1 Å². The molecule has 0 saturated heterocycles. The highest BCUT2D eigenvalue weighted by Gasteiger charge is 2.07. The zero-order valence-electron chi connectivity index (χ0n) is 7.34. The lowest BCUT2D eigenvalue weighted by atomic mass is 10.3. The molecular weight excluding hydrogens is 254 g/mol. The fourth-order valence-corrected chi connectivity index (χ4v) is 1.13. The van der Waals surface area contributed by atoms with Gasteiger partial charge in [0.2, 0.25) is 5.82 Å². The van der Waals surface area contributed by atoms with E-state index in [0.29, 0.717) is 5.33 Å². The Kier molecular flexibility index (Phi) is 4.59. The third kappa shape index (κ3) is 3.10. The minimum atomic E-state index is -0.945. The van der Waals surface area contributed by atoms with Gasteiger partial charge >= 0.3 is 0 Å². The average Bonchev–Trinajstić information content (AvgIpc) is 2.19. The first-order chi connectivity index (χ1) is 6.75. The second-order valence-corrected chi connectivity index (χ2v) is 3.14. The van der Waals surface area contributed by atoms with Crippen LogP contribution in [0.5, 0.6) is 5.75 Å². The second-order valence-electron chi connectivity index (χ2n) is 2.49. The monoisotopic (exact) mass is 262 g/mol. The zero-order valence-corrected chi connectivity index (χ0v) is 8.93. The van der Waals surface area contributed by atoms with E-state index < -0.39 is 11.6 Å². The lowest BCUT2D eigenvalue weighted by Gasteiger charge is -2.04. The predicted octanol–water partition coefficient (Wildman–Crippen LogP) is 3.29. The summed E-state index contributed by atoms with van der Waals surface area (Å²) in [5, 5.41) is 0.710. The Balaban J connectivity index is 2.59. The number of hydrogen-bond donors (Lipinski definition) is 0. The number of hydrogen-bond acceptors (Lipinski definition) is 1. The zero-order chi connectivity index (χ0) is 10.4. The van der Waals surface area contributed by atoms with Crippen molar-refractivity contribution in [3.63, 3.8) is 0 Å². The lowest BCUT2D eigenvalue weighted by Crippen LogP contribution is -1.97. The van der Waals surface area contributed by atoms with Gasteiger partial charge in [0.1, 0.15) is 6.61 Å². The van der Waals surface area contributed by atoms with Gasteiger partial charge in [0.25, 0.3) is 0 Å². The van der Waals surface area contributed by atoms with Crippen molar-refractivity contribution in [2.24, 2.45) is 0 Å². The van der Waals surface area contributed by atoms with Gasteiger partial charge < -0.3 is 4.74 Å². The first-order valence-corrected chi connectivity index (χ1v) is 5.15. The van der Waals surface area contributed by atoms with Crippen LogP contribution in [0.1, 0.15) is 0 Å². The molecule has 4 heteroatoms. The Hall–Kier alpha value is -0.900. The molecule has 0 amide bonds. The molecule has 0 atom stereocenters. The second kappa shape index (κ2) is 5.75. The Morgan fingerprint density at radius 2 is 2.07 bits per heavy atom. The fraction of sp³-hybridized carbons (Fsp3) is 0.200. The number of benzene rings is 1. The Bertz CT molecular complexity index is 326. The molecule has 1 aromatic carbocycles. The van der Waals surface area contributed by atoms with E-state index in [0.717, 1.165) is 6.07 Å². The van der Waals surface area contributed by atoms with Crippen molar-refractivity contribution < 1.29 is 13.5 Å². The van der Waals surface area contributed by atoms with Crippen molar-refractivity contribution in [2.75, 3.05) is 11.9 Å². The SMILES string of the molecule is Fc1cccc(OC/C=C/CBr)c1F. The van der Waals surface area contributed by atoms with Crippen molar-refractivity contribution in [3.8, 4) is 5.75 Å². The highest BCUT2D eigenvalue weighted by atomic mass is 79.9. The van der Waals surface area contributed by atoms with Crippen molar-refractivity contribution in [2.45, 2.75) is 0 Å². The summed E-state index contributed by atoms with van der Waals surface area (Å²) in [6.45, 7) is 0.228. The van der Waals surface area contributed by atoms with E-state index in [4.69, 9.17) is 4.74 Å². The largest absolute Gasteiger partial charge is 0.486 e. The molecule has 14 heavy (non-hydrogen) atoms. The van der Waals surface area contributed by atoms with Crippen LogP contribution in [0, 0.1) is 11.6 Å². The maximum atomic E-state index is 13.0. The van der Waals surface area contributed by atoms with E-state index >= 15 is 0 Å². The molecule has 1 rings (SSSR count). The van der Waals surface area contributed by atoms with Crippen LogP contribution in [0.3, 0.4) is 0 Å². The van der Waals surface area contributed by atoms with Crippen LogP contribution in [0.15, 0.2) is 30.4 Å². The number of rotatable bonds is 4. The quantitative estimate of drug-likeness (QED) is 0.598. The van der Waals surface area contributed by atoms with Gasteiger partial charge in [-0.3, -0.25) is 0 Å². The van der Waals surface area contributed by atoms with Crippen molar-refractivity contribution in [1.82, 2.24) is 0 Å². The van der Waals surface area contributed by atoms with E-state index in [1.807, 2.05) is 6.08 Å². The molecule has 0 saturated carbocycles. The van der Waals surface area contributed by atoms with Gasteiger partial charge in [0.15, 0.2) is 11.6 Å². The maximum Gasteiger partial charge on any atom is 0.200 e. The molecule has 1 nitrogen and oxygen atoms in total. The molecule has 0 aliphatic carbocycles. The van der Waals surface area contributed by atoms with Gasteiger partial charge in [0.05, 0.1) is 0 Å². The van der Waals surface area contributed by atoms with Gasteiger partial charge in [0, 0.05) is 5.33 Å². The molecule has 1 aromatic rings. The highest BCUT2D eigenvalue weighted by molar-refractivity contribution is 9.09. The van der Waals surface area contributed by atoms with Crippen LogP contribution in [0.2, 0.25) is 0 Å². The third-order valence-electron chi connectivity index (χ3n) is 1.51. The van der Waals surface area contributed by atoms with Gasteiger partial charge in [-0.2, -0.15) is 4.39 Å². The lowest BCUT2D eigenvalue weighted by molar-refractivity contribution is 0.332. The van der Waals surface area contributed by atoms with Crippen molar-refractivity contribution in [1.29, 1.82) is 0 Å². The molecule has 0 unspecified atom stereocenters. The summed E-state index contributed by atoms with van der Waals surface area (Å²) in [5.74, 6) is -1.91. The smallest absolute Gasteiger partial charge is 0.200 e. The van der Waals surface area contributed by atoms with Crippen LogP contribution >= 0.6 is 15.9 Å². The first kappa shape index (κ1) is 11.2. The molecule has 0 spiro atoms. The molecule has 0 N–H and O–H groups in total. The Labute approximate surface area is 89.5 Å². The average molecular weight is 263 g/mol. The number of alkyl halides is 1. The normalized spacial score (nSPS) is 10.8. The topological polar surface area (TPSA) is 9.23 Å². The predicted molar refractivity (Wildman–Crippen MR) is 54.8 cm³/mol. The molecule has 0 aliphatic rings. The minimum Gasteiger partial charge on any atom is -0.486 e. The molecule has 0 bridgehead atoms. The molecule has 0 aliphatic heterocycles. The summed E-state index contributed by atoms with van der Waals surface area (Å²) in [4.78, 5) is 0.